The molecule has 0 aromatic heterocycles. The minimum Gasteiger partial charge on any atom is -0.368 e. The van der Waals surface area contributed by atoms with E-state index in [1.807, 2.05) is 0 Å². The lowest BCUT2D eigenvalue weighted by Gasteiger charge is -1.78. The molecule has 0 amide bonds. The van der Waals surface area contributed by atoms with E-state index in [0.29, 0.717) is 0 Å². The topological polar surface area (TPSA) is 69.4 Å². The Bertz CT molecular complexity index is 69.2. The van der Waals surface area contributed by atoms with Crippen LogP contribution in [-0.4, -0.2) is 12.3 Å². The van der Waals surface area contributed by atoms with Crippen molar-refractivity contribution in [2.24, 2.45) is 5.90 Å². The first-order valence-corrected chi connectivity index (χ1v) is 1.17. The normalized spacial score (nSPS) is 6.83. The standard InChI is InChI=1S/C2H3NO3/c3-6-2(5)1-4/h1H,3H2. The summed E-state index contributed by atoms with van der Waals surface area (Å²) in [7, 11) is 0. The van der Waals surface area contributed by atoms with Gasteiger partial charge in [0, 0.05) is 0 Å². The Balaban J connectivity index is 3.23. The molecule has 34 valence electrons. The summed E-state index contributed by atoms with van der Waals surface area (Å²) in [5.41, 5.74) is 0. The van der Waals surface area contributed by atoms with E-state index in [0.717, 1.165) is 0 Å². The lowest BCUT2D eigenvalue weighted by atomic mass is 10.8. The molecule has 0 spiro atoms. The molecule has 0 atom stereocenters. The fourth-order valence-corrected chi connectivity index (χ4v) is 0.0278. The average molecular weight is 89.0 g/mol. The van der Waals surface area contributed by atoms with Crippen LogP contribution < -0.4 is 5.90 Å². The average Bonchev–Trinajstić information content (AvgIpc) is 1.65. The third kappa shape index (κ3) is 1.42. The maximum absolute atomic E-state index is 9.47. The second kappa shape index (κ2) is 2.34. The maximum Gasteiger partial charge on any atom is 0.389 e. The van der Waals surface area contributed by atoms with Crippen molar-refractivity contribution >= 4 is 12.3 Å². The van der Waals surface area contributed by atoms with Crippen LogP contribution in [0.25, 0.3) is 0 Å². The number of hydrogen-bond donors (Lipinski definition) is 1. The van der Waals surface area contributed by atoms with Gasteiger partial charge in [-0.3, -0.25) is 4.79 Å². The fourth-order valence-electron chi connectivity index (χ4n) is 0.0278. The predicted molar refractivity (Wildman–Crippen MR) is 16.3 cm³/mol. The second-order valence-electron chi connectivity index (χ2n) is 0.555. The third-order valence-corrected chi connectivity index (χ3v) is 0.212. The molecule has 0 heterocycles. The zero-order chi connectivity index (χ0) is 4.99. The highest BCUT2D eigenvalue weighted by molar-refractivity contribution is 6.20. The van der Waals surface area contributed by atoms with Crippen molar-refractivity contribution in [2.45, 2.75) is 0 Å². The van der Waals surface area contributed by atoms with Gasteiger partial charge < -0.3 is 4.84 Å². The number of carbonyl (C=O) groups is 2. The third-order valence-electron chi connectivity index (χ3n) is 0.212. The summed E-state index contributed by atoms with van der Waals surface area (Å²) in [4.78, 5) is 22.0. The molecule has 0 saturated heterocycles. The van der Waals surface area contributed by atoms with Crippen molar-refractivity contribution in [1.82, 2.24) is 0 Å². The molecule has 0 aliphatic carbocycles. The van der Waals surface area contributed by atoms with Crippen LogP contribution >= 0.6 is 0 Å². The van der Waals surface area contributed by atoms with Crippen LogP contribution in [0, 0.1) is 0 Å². The number of aldehydes is 1. The van der Waals surface area contributed by atoms with Crippen molar-refractivity contribution in [3.63, 3.8) is 0 Å². The zero-order valence-corrected chi connectivity index (χ0v) is 2.88. The Morgan fingerprint density at radius 2 is 2.33 bits per heavy atom. The van der Waals surface area contributed by atoms with E-state index >= 15 is 0 Å². The Labute approximate surface area is 33.8 Å². The monoisotopic (exact) mass is 89.0 g/mol. The highest BCUT2D eigenvalue weighted by Crippen LogP contribution is 1.52. The van der Waals surface area contributed by atoms with E-state index in [1.54, 1.807) is 0 Å². The van der Waals surface area contributed by atoms with Crippen LogP contribution in [0.15, 0.2) is 0 Å². The largest absolute Gasteiger partial charge is 0.389 e. The van der Waals surface area contributed by atoms with Crippen LogP contribution in [0.5, 0.6) is 0 Å². The number of carbonyl (C=O) groups excluding carboxylic acids is 2. The molecule has 0 aliphatic heterocycles. The first-order valence-electron chi connectivity index (χ1n) is 1.17. The van der Waals surface area contributed by atoms with Gasteiger partial charge in [-0.1, -0.05) is 0 Å². The van der Waals surface area contributed by atoms with Crippen LogP contribution in [-0.2, 0) is 14.4 Å². The van der Waals surface area contributed by atoms with Crippen molar-refractivity contribution in [1.29, 1.82) is 0 Å². The van der Waals surface area contributed by atoms with Gasteiger partial charge in [0.1, 0.15) is 0 Å². The molecule has 0 aromatic carbocycles. The quantitative estimate of drug-likeness (QED) is 0.244. The van der Waals surface area contributed by atoms with Gasteiger partial charge in [0.2, 0.25) is 6.29 Å². The first-order chi connectivity index (χ1) is 2.81. The SMILES string of the molecule is NOC(=O)C=O. The van der Waals surface area contributed by atoms with Crippen molar-refractivity contribution < 1.29 is 14.4 Å². The Hall–Kier alpha value is -0.900. The predicted octanol–water partition coefficient (Wildman–Crippen LogP) is -1.40. The fraction of sp³-hybridized carbons (Fsp3) is 0. The van der Waals surface area contributed by atoms with Gasteiger partial charge in [-0.25, -0.2) is 4.79 Å². The summed E-state index contributed by atoms with van der Waals surface area (Å²) >= 11 is 0. The molecule has 0 aliphatic rings. The van der Waals surface area contributed by atoms with Gasteiger partial charge in [-0.15, -0.1) is 0 Å². The number of rotatable bonds is 1. The summed E-state index contributed by atoms with van der Waals surface area (Å²) in [6.07, 6.45) is -0.0139. The summed E-state index contributed by atoms with van der Waals surface area (Å²) in [5.74, 6) is 3.14. The van der Waals surface area contributed by atoms with E-state index in [1.165, 1.54) is 0 Å². The lowest BCUT2D eigenvalue weighted by Crippen LogP contribution is -2.09. The Morgan fingerprint density at radius 1 is 1.83 bits per heavy atom. The number of nitrogens with two attached hydrogens (primary N) is 1. The summed E-state index contributed by atoms with van der Waals surface area (Å²) < 4.78 is 0. The molecule has 0 saturated carbocycles. The Kier molecular flexibility index (Phi) is 1.99. The molecule has 0 rings (SSSR count). The zero-order valence-electron chi connectivity index (χ0n) is 2.88. The van der Waals surface area contributed by atoms with Crippen molar-refractivity contribution in [2.75, 3.05) is 0 Å². The molecular weight excluding hydrogens is 86.0 g/mol. The lowest BCUT2D eigenvalue weighted by molar-refractivity contribution is -0.149. The summed E-state index contributed by atoms with van der Waals surface area (Å²) in [6, 6.07) is 0. The van der Waals surface area contributed by atoms with E-state index in [4.69, 9.17) is 0 Å². The first kappa shape index (κ1) is 5.10. The van der Waals surface area contributed by atoms with Gasteiger partial charge >= 0.3 is 5.97 Å². The van der Waals surface area contributed by atoms with E-state index < -0.39 is 5.97 Å². The molecule has 0 bridgehead atoms. The summed E-state index contributed by atoms with van der Waals surface area (Å²) in [5, 5.41) is 0. The van der Waals surface area contributed by atoms with Crippen LogP contribution in [0.3, 0.4) is 0 Å². The maximum atomic E-state index is 9.47. The molecule has 4 nitrogen and oxygen atoms in total. The van der Waals surface area contributed by atoms with E-state index in [9.17, 15) is 9.59 Å². The molecule has 0 fully saturated rings. The van der Waals surface area contributed by atoms with E-state index in [-0.39, 0.29) is 6.29 Å². The highest BCUT2D eigenvalue weighted by Gasteiger charge is 1.89. The second-order valence-corrected chi connectivity index (χ2v) is 0.555. The molecule has 0 unspecified atom stereocenters. The molecule has 0 radical (unpaired) electrons. The minimum absolute atomic E-state index is 0.0139. The smallest absolute Gasteiger partial charge is 0.368 e. The highest BCUT2D eigenvalue weighted by atomic mass is 16.7. The van der Waals surface area contributed by atoms with Gasteiger partial charge in [0.25, 0.3) is 0 Å². The molecule has 6 heavy (non-hydrogen) atoms. The van der Waals surface area contributed by atoms with Gasteiger partial charge in [-0.05, 0) is 0 Å². The van der Waals surface area contributed by atoms with E-state index in [2.05, 4.69) is 10.7 Å². The van der Waals surface area contributed by atoms with Gasteiger partial charge in [0.15, 0.2) is 0 Å². The molecule has 2 N–H and O–H groups in total. The molecular formula is C2H3NO3. The minimum atomic E-state index is -1.06. The number of hydrogen-bond acceptors (Lipinski definition) is 4. The van der Waals surface area contributed by atoms with Crippen molar-refractivity contribution in [3.8, 4) is 0 Å². The van der Waals surface area contributed by atoms with Crippen LogP contribution in [0.2, 0.25) is 0 Å². The summed E-state index contributed by atoms with van der Waals surface area (Å²) in [6.45, 7) is 0. The molecule has 4 heteroatoms. The van der Waals surface area contributed by atoms with Gasteiger partial charge in [0.05, 0.1) is 0 Å². The van der Waals surface area contributed by atoms with Crippen molar-refractivity contribution in [3.05, 3.63) is 0 Å². The Morgan fingerprint density at radius 3 is 2.33 bits per heavy atom. The van der Waals surface area contributed by atoms with Crippen LogP contribution in [0.1, 0.15) is 0 Å². The van der Waals surface area contributed by atoms with Crippen LogP contribution in [0.4, 0.5) is 0 Å². The molecule has 0 aromatic rings. The van der Waals surface area contributed by atoms with Gasteiger partial charge in [-0.2, -0.15) is 5.90 Å².